The van der Waals surface area contributed by atoms with E-state index in [0.717, 1.165) is 0 Å². The van der Waals surface area contributed by atoms with E-state index in [1.54, 1.807) is 19.9 Å². The number of carbonyl (C=O) groups is 2. The van der Waals surface area contributed by atoms with Gasteiger partial charge >= 0.3 is 5.97 Å². The molecule has 0 amide bonds. The third kappa shape index (κ3) is 8.92. The summed E-state index contributed by atoms with van der Waals surface area (Å²) in [5, 5.41) is 17.0. The molecule has 0 unspecified atom stereocenters. The van der Waals surface area contributed by atoms with E-state index in [-0.39, 0.29) is 29.8 Å². The fourth-order valence-corrected chi connectivity index (χ4v) is 2.47. The van der Waals surface area contributed by atoms with Crippen molar-refractivity contribution in [3.8, 4) is 6.07 Å². The summed E-state index contributed by atoms with van der Waals surface area (Å²) in [5.74, 6) is -0.427. The maximum Gasteiger partial charge on any atom is 0.313 e. The minimum atomic E-state index is -1.78. The molecule has 0 aromatic rings. The molecule has 7 heteroatoms. The van der Waals surface area contributed by atoms with E-state index < -0.39 is 19.1 Å². The van der Waals surface area contributed by atoms with Gasteiger partial charge in [0.2, 0.25) is 0 Å². The molecule has 0 saturated heterocycles. The second kappa shape index (κ2) is 10.2. The maximum atomic E-state index is 11.5. The fraction of sp³-hybridized carbons (Fsp3) is 0.842. The summed E-state index contributed by atoms with van der Waals surface area (Å²) < 4.78 is 10.8. The van der Waals surface area contributed by atoms with Crippen molar-refractivity contribution in [2.45, 2.75) is 73.0 Å². The minimum Gasteiger partial charge on any atom is -0.469 e. The molecule has 6 nitrogen and oxygen atoms in total. The molecule has 0 fully saturated rings. The Bertz CT molecular complexity index is 513. The van der Waals surface area contributed by atoms with Gasteiger partial charge in [-0.1, -0.05) is 34.6 Å². The van der Waals surface area contributed by atoms with Gasteiger partial charge in [0.05, 0.1) is 31.6 Å². The van der Waals surface area contributed by atoms with Gasteiger partial charge in [-0.3, -0.25) is 9.59 Å². The highest BCUT2D eigenvalue weighted by Crippen LogP contribution is 2.37. The highest BCUT2D eigenvalue weighted by molar-refractivity contribution is 6.74. The van der Waals surface area contributed by atoms with Crippen LogP contribution in [0, 0.1) is 22.2 Å². The standard InChI is InChI=1S/C12H26O3Si.C7H11NO2/c1-11(2,3)16(7,8)15-9-12(4,5)10(13)14-6;1-7(2,5-9)6(10)3-4-8/h9H2,1-8H3;9H,3,5H2,1-2H3. The monoisotopic (exact) mass is 387 g/mol. The largest absolute Gasteiger partial charge is 0.469 e. The predicted molar refractivity (Wildman–Crippen MR) is 105 cm³/mol. The van der Waals surface area contributed by atoms with E-state index in [1.165, 1.54) is 7.11 Å². The van der Waals surface area contributed by atoms with Crippen LogP contribution in [-0.4, -0.2) is 45.5 Å². The summed E-state index contributed by atoms with van der Waals surface area (Å²) in [6.45, 7) is 18.1. The number of methoxy groups -OCH3 is 1. The van der Waals surface area contributed by atoms with Crippen molar-refractivity contribution in [3.63, 3.8) is 0 Å². The third-order valence-corrected chi connectivity index (χ3v) is 9.21. The number of ketones is 1. The van der Waals surface area contributed by atoms with Crippen molar-refractivity contribution in [2.24, 2.45) is 10.8 Å². The van der Waals surface area contributed by atoms with Crippen molar-refractivity contribution in [1.82, 2.24) is 0 Å². The summed E-state index contributed by atoms with van der Waals surface area (Å²) in [5.41, 5.74) is -1.32. The summed E-state index contributed by atoms with van der Waals surface area (Å²) >= 11 is 0. The number of aliphatic hydroxyl groups is 1. The number of ether oxygens (including phenoxy) is 1. The SMILES string of the molecule is CC(C)(CO)C(=O)CC#N.COC(=O)C(C)(C)CO[Si](C)(C)C(C)(C)C. The van der Waals surface area contributed by atoms with Gasteiger partial charge < -0.3 is 14.3 Å². The normalized spacial score (nSPS) is 12.5. The number of esters is 1. The zero-order valence-electron chi connectivity index (χ0n) is 18.1. The first kappa shape index (κ1) is 27.0. The molecule has 0 aromatic carbocycles. The van der Waals surface area contributed by atoms with Crippen molar-refractivity contribution < 1.29 is 23.9 Å². The molecule has 0 aliphatic carbocycles. The van der Waals surface area contributed by atoms with E-state index in [1.807, 2.05) is 13.8 Å². The second-order valence-electron chi connectivity index (χ2n) is 9.22. The predicted octanol–water partition coefficient (Wildman–Crippen LogP) is 3.70. The minimum absolute atomic E-state index is 0.118. The van der Waals surface area contributed by atoms with Crippen LogP contribution in [0.3, 0.4) is 0 Å². The van der Waals surface area contributed by atoms with Crippen molar-refractivity contribution in [2.75, 3.05) is 20.3 Å². The van der Waals surface area contributed by atoms with Gasteiger partial charge in [0.25, 0.3) is 0 Å². The molecule has 0 spiro atoms. The molecule has 1 N–H and O–H groups in total. The van der Waals surface area contributed by atoms with Crippen molar-refractivity contribution >= 4 is 20.1 Å². The Balaban J connectivity index is 0. The average Bonchev–Trinajstić information content (AvgIpc) is 2.52. The first-order valence-electron chi connectivity index (χ1n) is 8.72. The molecule has 152 valence electrons. The Labute approximate surface area is 160 Å². The number of rotatable bonds is 7. The number of nitriles is 1. The quantitative estimate of drug-likeness (QED) is 0.528. The van der Waals surface area contributed by atoms with Gasteiger partial charge in [0, 0.05) is 12.0 Å². The van der Waals surface area contributed by atoms with E-state index in [4.69, 9.17) is 19.5 Å². The van der Waals surface area contributed by atoms with Gasteiger partial charge in [-0.15, -0.1) is 0 Å². The lowest BCUT2D eigenvalue weighted by atomic mass is 9.88. The Hall–Kier alpha value is -1.23. The molecule has 0 heterocycles. The van der Waals surface area contributed by atoms with Crippen LogP contribution in [0.5, 0.6) is 0 Å². The molecule has 0 aliphatic rings. The molecule has 0 bridgehead atoms. The highest BCUT2D eigenvalue weighted by Gasteiger charge is 2.40. The molecule has 0 rings (SSSR count). The second-order valence-corrected chi connectivity index (χ2v) is 14.0. The summed E-state index contributed by atoms with van der Waals surface area (Å²) in [6, 6.07) is 1.75. The molecule has 0 saturated carbocycles. The van der Waals surface area contributed by atoms with Crippen LogP contribution >= 0.6 is 0 Å². The zero-order chi connectivity index (χ0) is 21.4. The number of Topliss-reactive ketones (excluding diaryl/α,β-unsaturated/α-hetero) is 1. The summed E-state index contributed by atoms with van der Waals surface area (Å²) in [4.78, 5) is 22.4. The van der Waals surface area contributed by atoms with Crippen LogP contribution in [0.2, 0.25) is 18.1 Å². The van der Waals surface area contributed by atoms with Gasteiger partial charge in [0.1, 0.15) is 0 Å². The maximum absolute atomic E-state index is 11.5. The van der Waals surface area contributed by atoms with Crippen LogP contribution in [0.25, 0.3) is 0 Å². The molecule has 0 aliphatic heterocycles. The molecule has 0 radical (unpaired) electrons. The van der Waals surface area contributed by atoms with Crippen molar-refractivity contribution in [3.05, 3.63) is 0 Å². The lowest BCUT2D eigenvalue weighted by molar-refractivity contribution is -0.152. The lowest BCUT2D eigenvalue weighted by Crippen LogP contribution is -2.44. The summed E-state index contributed by atoms with van der Waals surface area (Å²) in [7, 11) is -0.368. The van der Waals surface area contributed by atoms with Gasteiger partial charge in [-0.2, -0.15) is 5.26 Å². The van der Waals surface area contributed by atoms with Gasteiger partial charge in [-0.05, 0) is 32.0 Å². The number of hydrogen-bond donors (Lipinski definition) is 1. The molecular weight excluding hydrogens is 350 g/mol. The highest BCUT2D eigenvalue weighted by atomic mass is 28.4. The molecule has 26 heavy (non-hydrogen) atoms. The zero-order valence-corrected chi connectivity index (χ0v) is 19.1. The third-order valence-electron chi connectivity index (χ3n) is 4.73. The Morgan fingerprint density at radius 1 is 1.04 bits per heavy atom. The lowest BCUT2D eigenvalue weighted by Gasteiger charge is -2.38. The van der Waals surface area contributed by atoms with E-state index in [9.17, 15) is 9.59 Å². The fourth-order valence-electron chi connectivity index (χ4n) is 1.31. The van der Waals surface area contributed by atoms with Crippen LogP contribution in [0.15, 0.2) is 0 Å². The van der Waals surface area contributed by atoms with Crippen molar-refractivity contribution in [1.29, 1.82) is 5.26 Å². The van der Waals surface area contributed by atoms with Gasteiger partial charge in [-0.25, -0.2) is 0 Å². The van der Waals surface area contributed by atoms with E-state index >= 15 is 0 Å². The van der Waals surface area contributed by atoms with E-state index in [2.05, 4.69) is 33.9 Å². The molecule has 0 atom stereocenters. The molecular formula is C19H37NO5Si. The Kier molecular flexibility index (Phi) is 10.6. The summed E-state index contributed by atoms with van der Waals surface area (Å²) in [6.07, 6.45) is -0.118. The number of hydrogen-bond acceptors (Lipinski definition) is 6. The van der Waals surface area contributed by atoms with Gasteiger partial charge in [0.15, 0.2) is 14.1 Å². The van der Waals surface area contributed by atoms with E-state index in [0.29, 0.717) is 6.61 Å². The van der Waals surface area contributed by atoms with Crippen LogP contribution in [0.4, 0.5) is 0 Å². The topological polar surface area (TPSA) is 96.6 Å². The van der Waals surface area contributed by atoms with Crippen LogP contribution in [0.1, 0.15) is 54.9 Å². The number of nitrogens with zero attached hydrogens (tertiary/aromatic N) is 1. The average molecular weight is 388 g/mol. The smallest absolute Gasteiger partial charge is 0.313 e. The Morgan fingerprint density at radius 3 is 1.81 bits per heavy atom. The first-order valence-corrected chi connectivity index (χ1v) is 11.6. The first-order chi connectivity index (χ1) is 11.5. The van der Waals surface area contributed by atoms with Crippen LogP contribution < -0.4 is 0 Å². The van der Waals surface area contributed by atoms with Crippen LogP contribution in [-0.2, 0) is 18.8 Å². The Morgan fingerprint density at radius 2 is 1.50 bits per heavy atom. The number of carbonyl (C=O) groups excluding carboxylic acids is 2. The number of aliphatic hydroxyl groups excluding tert-OH is 1. The molecule has 0 aromatic heterocycles.